The fraction of sp³-hybridized carbons (Fsp3) is 0.500. The summed E-state index contributed by atoms with van der Waals surface area (Å²) < 4.78 is 0. The van der Waals surface area contributed by atoms with Crippen LogP contribution in [-0.4, -0.2) is 10.5 Å². The van der Waals surface area contributed by atoms with Gasteiger partial charge in [0.25, 0.3) is 0 Å². The van der Waals surface area contributed by atoms with Gasteiger partial charge >= 0.3 is 0 Å². The molecule has 1 heterocycles. The van der Waals surface area contributed by atoms with Gasteiger partial charge in [0, 0.05) is 10.5 Å². The number of thioether (sulfide) groups is 1. The van der Waals surface area contributed by atoms with Crippen LogP contribution in [0.2, 0.25) is 0 Å². The van der Waals surface area contributed by atoms with E-state index in [1.54, 1.807) is 5.57 Å². The second kappa shape index (κ2) is 1.66. The van der Waals surface area contributed by atoms with E-state index in [9.17, 15) is 0 Å². The number of hydrogen-bond donors (Lipinski definition) is 0. The molecule has 2 aliphatic rings. The largest absolute Gasteiger partial charge is 0.144 e. The van der Waals surface area contributed by atoms with Crippen LogP contribution in [0.25, 0.3) is 0 Å². The molecular formula is C8H10S. The van der Waals surface area contributed by atoms with Crippen LogP contribution in [0.3, 0.4) is 0 Å². The molecule has 1 saturated heterocycles. The molecule has 2 rings (SSSR count). The predicted octanol–water partition coefficient (Wildman–Crippen LogP) is 2.38. The van der Waals surface area contributed by atoms with E-state index in [-0.39, 0.29) is 0 Å². The summed E-state index contributed by atoms with van der Waals surface area (Å²) >= 11 is 2.07. The van der Waals surface area contributed by atoms with Gasteiger partial charge in [-0.1, -0.05) is 23.3 Å². The van der Waals surface area contributed by atoms with E-state index in [1.165, 1.54) is 5.57 Å². The average Bonchev–Trinajstić information content (AvgIpc) is 2.58. The predicted molar refractivity (Wildman–Crippen MR) is 42.7 cm³/mol. The summed E-state index contributed by atoms with van der Waals surface area (Å²) in [6.45, 7) is 4.44. The van der Waals surface area contributed by atoms with E-state index in [0.29, 0.717) is 0 Å². The van der Waals surface area contributed by atoms with Gasteiger partial charge in [0.1, 0.15) is 0 Å². The molecule has 1 heteroatoms. The van der Waals surface area contributed by atoms with Crippen molar-refractivity contribution in [1.82, 2.24) is 0 Å². The molecule has 0 aromatic rings. The molecule has 0 radical (unpaired) electrons. The van der Waals surface area contributed by atoms with Crippen LogP contribution < -0.4 is 0 Å². The maximum Gasteiger partial charge on any atom is 0.0420 e. The van der Waals surface area contributed by atoms with Crippen LogP contribution in [0, 0.1) is 0 Å². The first-order chi connectivity index (χ1) is 4.29. The molecule has 0 bridgehead atoms. The zero-order valence-corrected chi connectivity index (χ0v) is 6.53. The maximum atomic E-state index is 2.32. The smallest absolute Gasteiger partial charge is 0.0420 e. The van der Waals surface area contributed by atoms with Crippen LogP contribution >= 0.6 is 11.8 Å². The lowest BCUT2D eigenvalue weighted by molar-refractivity contribution is 1.07. The second-order valence-corrected chi connectivity index (χ2v) is 4.07. The molecule has 48 valence electrons. The molecule has 1 fully saturated rings. The Morgan fingerprint density at radius 1 is 1.44 bits per heavy atom. The summed E-state index contributed by atoms with van der Waals surface area (Å²) in [6.07, 6.45) is 4.56. The van der Waals surface area contributed by atoms with E-state index >= 15 is 0 Å². The fourth-order valence-corrected chi connectivity index (χ4v) is 2.32. The van der Waals surface area contributed by atoms with E-state index in [4.69, 9.17) is 0 Å². The Hall–Kier alpha value is -0.170. The van der Waals surface area contributed by atoms with Crippen molar-refractivity contribution in [2.45, 2.75) is 24.3 Å². The monoisotopic (exact) mass is 138 g/mol. The fourth-order valence-electron chi connectivity index (χ4n) is 1.21. The molecule has 0 N–H and O–H groups in total. The van der Waals surface area contributed by atoms with Crippen molar-refractivity contribution in [3.8, 4) is 0 Å². The van der Waals surface area contributed by atoms with Gasteiger partial charge in [-0.15, -0.1) is 11.8 Å². The molecule has 2 unspecified atom stereocenters. The lowest BCUT2D eigenvalue weighted by Gasteiger charge is -2.04. The zero-order valence-electron chi connectivity index (χ0n) is 5.72. The first kappa shape index (κ1) is 5.60. The van der Waals surface area contributed by atoms with Gasteiger partial charge in [-0.3, -0.25) is 0 Å². The van der Waals surface area contributed by atoms with Crippen molar-refractivity contribution in [1.29, 1.82) is 0 Å². The third-order valence-electron chi connectivity index (χ3n) is 2.11. The Kier molecular flexibility index (Phi) is 1.03. The molecular weight excluding hydrogens is 128 g/mol. The Morgan fingerprint density at radius 3 is 2.89 bits per heavy atom. The molecule has 0 amide bonds. The summed E-state index contributed by atoms with van der Waals surface area (Å²) in [7, 11) is 0. The number of hydrogen-bond acceptors (Lipinski definition) is 1. The first-order valence-electron chi connectivity index (χ1n) is 3.30. The van der Waals surface area contributed by atoms with Gasteiger partial charge < -0.3 is 0 Å². The van der Waals surface area contributed by atoms with E-state index in [1.807, 2.05) is 0 Å². The van der Waals surface area contributed by atoms with Crippen molar-refractivity contribution in [2.75, 3.05) is 0 Å². The average molecular weight is 138 g/mol. The highest BCUT2D eigenvalue weighted by Gasteiger charge is 2.39. The molecule has 9 heavy (non-hydrogen) atoms. The topological polar surface area (TPSA) is 0 Å². The second-order valence-electron chi connectivity index (χ2n) is 2.75. The van der Waals surface area contributed by atoms with Gasteiger partial charge in [0.2, 0.25) is 0 Å². The molecule has 0 aromatic heterocycles. The van der Waals surface area contributed by atoms with Gasteiger partial charge in [-0.05, 0) is 13.8 Å². The quantitative estimate of drug-likeness (QED) is 0.463. The first-order valence-corrected chi connectivity index (χ1v) is 4.24. The van der Waals surface area contributed by atoms with Gasteiger partial charge in [-0.2, -0.15) is 0 Å². The van der Waals surface area contributed by atoms with Crippen molar-refractivity contribution in [3.63, 3.8) is 0 Å². The van der Waals surface area contributed by atoms with Crippen LogP contribution in [0.5, 0.6) is 0 Å². The van der Waals surface area contributed by atoms with Crippen molar-refractivity contribution < 1.29 is 0 Å². The molecule has 0 saturated carbocycles. The minimum atomic E-state index is 0.841. The minimum absolute atomic E-state index is 0.841. The SMILES string of the molecule is CC1=C(C)C2SC2C=C1. The van der Waals surface area contributed by atoms with Gasteiger partial charge in [0.05, 0.1) is 0 Å². The standard InChI is InChI=1S/C8H10S/c1-5-3-4-7-8(9-7)6(5)2/h3-4,7-8H,1-2H3. The summed E-state index contributed by atoms with van der Waals surface area (Å²) in [6, 6.07) is 0. The minimum Gasteiger partial charge on any atom is -0.144 e. The third-order valence-corrected chi connectivity index (χ3v) is 3.48. The summed E-state index contributed by atoms with van der Waals surface area (Å²) in [4.78, 5) is 0. The van der Waals surface area contributed by atoms with Crippen LogP contribution in [0.1, 0.15) is 13.8 Å². The zero-order chi connectivity index (χ0) is 6.43. The van der Waals surface area contributed by atoms with E-state index in [0.717, 1.165) is 10.5 Å². The Balaban J connectivity index is 2.36. The number of allylic oxidation sites excluding steroid dienone is 2. The number of fused-ring (bicyclic) bond motifs is 1. The molecule has 1 aliphatic heterocycles. The lowest BCUT2D eigenvalue weighted by Crippen LogP contribution is -1.99. The summed E-state index contributed by atoms with van der Waals surface area (Å²) in [5.41, 5.74) is 3.06. The highest BCUT2D eigenvalue weighted by Crippen LogP contribution is 2.49. The third kappa shape index (κ3) is 0.751. The molecule has 0 spiro atoms. The van der Waals surface area contributed by atoms with Crippen LogP contribution in [0.4, 0.5) is 0 Å². The Labute approximate surface area is 60.0 Å². The molecule has 0 nitrogen and oxygen atoms in total. The van der Waals surface area contributed by atoms with E-state index < -0.39 is 0 Å². The highest BCUT2D eigenvalue weighted by molar-refractivity contribution is 8.08. The Morgan fingerprint density at radius 2 is 2.22 bits per heavy atom. The van der Waals surface area contributed by atoms with Gasteiger partial charge in [0.15, 0.2) is 0 Å². The van der Waals surface area contributed by atoms with Crippen LogP contribution in [-0.2, 0) is 0 Å². The van der Waals surface area contributed by atoms with Crippen molar-refractivity contribution in [2.24, 2.45) is 0 Å². The van der Waals surface area contributed by atoms with Gasteiger partial charge in [-0.25, -0.2) is 0 Å². The van der Waals surface area contributed by atoms with E-state index in [2.05, 4.69) is 37.8 Å². The van der Waals surface area contributed by atoms with Crippen molar-refractivity contribution >= 4 is 11.8 Å². The highest BCUT2D eigenvalue weighted by atomic mass is 32.2. The lowest BCUT2D eigenvalue weighted by atomic mass is 10.0. The molecule has 1 aliphatic carbocycles. The normalized spacial score (nSPS) is 38.9. The maximum absolute atomic E-state index is 2.32. The molecule has 2 atom stereocenters. The summed E-state index contributed by atoms with van der Waals surface area (Å²) in [5.74, 6) is 0. The summed E-state index contributed by atoms with van der Waals surface area (Å²) in [5, 5.41) is 1.70. The van der Waals surface area contributed by atoms with Crippen molar-refractivity contribution in [3.05, 3.63) is 23.3 Å². The number of rotatable bonds is 0. The Bertz CT molecular complexity index is 201. The molecule has 0 aromatic carbocycles. The van der Waals surface area contributed by atoms with Crippen LogP contribution in [0.15, 0.2) is 23.3 Å².